The van der Waals surface area contributed by atoms with Gasteiger partial charge in [0.2, 0.25) is 0 Å². The van der Waals surface area contributed by atoms with Gasteiger partial charge in [0.1, 0.15) is 0 Å². The summed E-state index contributed by atoms with van der Waals surface area (Å²) in [5, 5.41) is 8.37. The molecule has 0 atom stereocenters. The second-order valence-electron chi connectivity index (χ2n) is 10.5. The van der Waals surface area contributed by atoms with Crippen LogP contribution >= 0.6 is 0 Å². The standard InChI is InChI=1S/C34H22N2O2/c1-17-5-11-27-25(13-17)19(3)15-29-21-7-8-22-30-16-20(4)26-14-18(2)6-12-28(26)36(30)34(38)24-10-9-23(31(21)32(22)24)33(37)35(27)29/h5-16H,3-4H2,1-2H3. The van der Waals surface area contributed by atoms with Gasteiger partial charge in [0.25, 0.3) is 11.1 Å². The second kappa shape index (κ2) is 6.87. The predicted octanol–water partition coefficient (Wildman–Crippen LogP) is 5.55. The maximum Gasteiger partial charge on any atom is 0.263 e. The van der Waals surface area contributed by atoms with Crippen molar-refractivity contribution in [3.63, 3.8) is 0 Å². The fourth-order valence-corrected chi connectivity index (χ4v) is 6.43. The summed E-state index contributed by atoms with van der Waals surface area (Å²) in [5.41, 5.74) is 5.31. The molecule has 0 aliphatic heterocycles. The smallest absolute Gasteiger partial charge is 0.263 e. The monoisotopic (exact) mass is 490 g/mol. The van der Waals surface area contributed by atoms with Crippen LogP contribution < -0.4 is 21.6 Å². The lowest BCUT2D eigenvalue weighted by atomic mass is 9.94. The summed E-state index contributed by atoms with van der Waals surface area (Å²) in [6.07, 6.45) is 0. The first-order valence-corrected chi connectivity index (χ1v) is 12.7. The van der Waals surface area contributed by atoms with Crippen LogP contribution in [0, 0.1) is 13.8 Å². The number of aromatic nitrogens is 2. The van der Waals surface area contributed by atoms with E-state index in [1.54, 1.807) is 8.80 Å². The third-order valence-electron chi connectivity index (χ3n) is 8.16. The Balaban J connectivity index is 1.68. The van der Waals surface area contributed by atoms with Crippen molar-refractivity contribution in [2.24, 2.45) is 0 Å². The zero-order valence-corrected chi connectivity index (χ0v) is 21.1. The van der Waals surface area contributed by atoms with Gasteiger partial charge in [-0.3, -0.25) is 18.4 Å². The number of fused-ring (bicyclic) bond motifs is 8. The van der Waals surface area contributed by atoms with Gasteiger partial charge in [-0.2, -0.15) is 0 Å². The highest BCUT2D eigenvalue weighted by atomic mass is 16.1. The number of benzene rings is 4. The van der Waals surface area contributed by atoms with Gasteiger partial charge in [-0.25, -0.2) is 0 Å². The zero-order chi connectivity index (χ0) is 26.0. The number of rotatable bonds is 0. The van der Waals surface area contributed by atoms with Gasteiger partial charge in [-0.05, 0) is 72.8 Å². The van der Waals surface area contributed by atoms with Crippen LogP contribution in [-0.4, -0.2) is 8.80 Å². The number of pyridine rings is 4. The normalized spacial score (nSPS) is 12.4. The minimum Gasteiger partial charge on any atom is -0.276 e. The van der Waals surface area contributed by atoms with Crippen molar-refractivity contribution in [1.29, 1.82) is 0 Å². The zero-order valence-electron chi connectivity index (χ0n) is 21.1. The van der Waals surface area contributed by atoms with Crippen molar-refractivity contribution in [1.82, 2.24) is 8.80 Å². The topological polar surface area (TPSA) is 43.0 Å². The minimum atomic E-state index is -0.0946. The molecule has 4 aromatic carbocycles. The summed E-state index contributed by atoms with van der Waals surface area (Å²) in [6, 6.07) is 23.9. The second-order valence-corrected chi connectivity index (χ2v) is 10.5. The molecule has 8 aromatic rings. The molecule has 0 N–H and O–H groups in total. The predicted molar refractivity (Wildman–Crippen MR) is 159 cm³/mol. The van der Waals surface area contributed by atoms with E-state index in [1.807, 2.05) is 62.4 Å². The van der Waals surface area contributed by atoms with Crippen LogP contribution in [0.2, 0.25) is 0 Å². The number of nitrogens with zero attached hydrogens (tertiary/aromatic N) is 2. The first-order valence-electron chi connectivity index (χ1n) is 12.7. The molecule has 4 heterocycles. The Kier molecular flexibility index (Phi) is 3.82. The number of hydrogen-bond donors (Lipinski definition) is 0. The lowest BCUT2D eigenvalue weighted by Crippen LogP contribution is -2.21. The van der Waals surface area contributed by atoms with Gasteiger partial charge in [-0.1, -0.05) is 48.6 Å². The van der Waals surface area contributed by atoms with Crippen LogP contribution in [0.5, 0.6) is 0 Å². The maximum atomic E-state index is 14.1. The Labute approximate surface area is 215 Å². The van der Waals surface area contributed by atoms with Crippen molar-refractivity contribution in [3.05, 3.63) is 115 Å². The van der Waals surface area contributed by atoms with Crippen molar-refractivity contribution in [2.75, 3.05) is 0 Å². The summed E-state index contributed by atoms with van der Waals surface area (Å²) in [4.78, 5) is 28.1. The Bertz CT molecular complexity index is 2420. The molecule has 180 valence electrons. The van der Waals surface area contributed by atoms with E-state index in [2.05, 4.69) is 37.4 Å². The molecule has 38 heavy (non-hydrogen) atoms. The van der Waals surface area contributed by atoms with Gasteiger partial charge in [0, 0.05) is 43.1 Å². The van der Waals surface area contributed by atoms with Gasteiger partial charge in [0.05, 0.1) is 22.1 Å². The summed E-state index contributed by atoms with van der Waals surface area (Å²) in [7, 11) is 0. The molecular formula is C34H22N2O2. The van der Waals surface area contributed by atoms with Crippen molar-refractivity contribution in [2.45, 2.75) is 13.8 Å². The lowest BCUT2D eigenvalue weighted by molar-refractivity contribution is 1.17. The summed E-state index contributed by atoms with van der Waals surface area (Å²) in [6.45, 7) is 12.7. The number of hydrogen-bond acceptors (Lipinski definition) is 2. The van der Waals surface area contributed by atoms with E-state index in [-0.39, 0.29) is 11.1 Å². The molecule has 0 saturated carbocycles. The molecular weight excluding hydrogens is 468 g/mol. The average Bonchev–Trinajstić information content (AvgIpc) is 2.90. The molecule has 0 aliphatic carbocycles. The Hall–Kier alpha value is -4.96. The molecule has 0 bridgehead atoms. The maximum absolute atomic E-state index is 14.1. The Morgan fingerprint density at radius 1 is 0.474 bits per heavy atom. The highest BCUT2D eigenvalue weighted by Crippen LogP contribution is 2.36. The van der Waals surface area contributed by atoms with Gasteiger partial charge in [0.15, 0.2) is 0 Å². The van der Waals surface area contributed by atoms with E-state index in [9.17, 15) is 9.59 Å². The highest BCUT2D eigenvalue weighted by molar-refractivity contribution is 6.28. The molecule has 8 rings (SSSR count). The van der Waals surface area contributed by atoms with Crippen molar-refractivity contribution < 1.29 is 0 Å². The minimum absolute atomic E-state index is 0.0946. The van der Waals surface area contributed by atoms with E-state index in [0.717, 1.165) is 75.9 Å². The molecule has 0 amide bonds. The van der Waals surface area contributed by atoms with Crippen LogP contribution in [0.3, 0.4) is 0 Å². The van der Waals surface area contributed by atoms with Gasteiger partial charge < -0.3 is 0 Å². The van der Waals surface area contributed by atoms with E-state index in [4.69, 9.17) is 0 Å². The van der Waals surface area contributed by atoms with Crippen LogP contribution in [0.25, 0.3) is 78.3 Å². The van der Waals surface area contributed by atoms with Crippen LogP contribution in [0.4, 0.5) is 0 Å². The largest absolute Gasteiger partial charge is 0.276 e. The molecule has 0 unspecified atom stereocenters. The van der Waals surface area contributed by atoms with Gasteiger partial charge in [-0.15, -0.1) is 0 Å². The van der Waals surface area contributed by atoms with Crippen LogP contribution in [0.15, 0.2) is 82.4 Å². The molecule has 4 nitrogen and oxygen atoms in total. The Morgan fingerprint density at radius 2 is 0.868 bits per heavy atom. The van der Waals surface area contributed by atoms with E-state index in [0.29, 0.717) is 10.8 Å². The summed E-state index contributed by atoms with van der Waals surface area (Å²) >= 11 is 0. The quantitative estimate of drug-likeness (QED) is 0.207. The SMILES string of the molecule is C=c1cc2c3ccc4c5c(ccc(c(=O)n2c2ccc(C)cc12)c35)c(=O)n1c2ccc(C)cc2c(=C)cc41. The summed E-state index contributed by atoms with van der Waals surface area (Å²) in [5.74, 6) is 0. The third-order valence-corrected chi connectivity index (χ3v) is 8.16. The van der Waals surface area contributed by atoms with E-state index in [1.165, 1.54) is 0 Å². The van der Waals surface area contributed by atoms with Gasteiger partial charge >= 0.3 is 0 Å². The summed E-state index contributed by atoms with van der Waals surface area (Å²) < 4.78 is 3.58. The highest BCUT2D eigenvalue weighted by Gasteiger charge is 2.20. The van der Waals surface area contributed by atoms with Crippen LogP contribution in [-0.2, 0) is 0 Å². The van der Waals surface area contributed by atoms with Crippen molar-refractivity contribution in [3.8, 4) is 0 Å². The van der Waals surface area contributed by atoms with E-state index < -0.39 is 0 Å². The molecule has 4 heteroatoms. The van der Waals surface area contributed by atoms with E-state index >= 15 is 0 Å². The molecule has 0 saturated heterocycles. The molecule has 0 fully saturated rings. The molecule has 0 radical (unpaired) electrons. The fraction of sp³-hybridized carbons (Fsp3) is 0.0588. The molecule has 0 aliphatic rings. The fourth-order valence-electron chi connectivity index (χ4n) is 6.43. The first kappa shape index (κ1) is 21.2. The van der Waals surface area contributed by atoms with Crippen LogP contribution in [0.1, 0.15) is 11.1 Å². The lowest BCUT2D eigenvalue weighted by Gasteiger charge is -2.17. The van der Waals surface area contributed by atoms with Crippen molar-refractivity contribution >= 4 is 78.3 Å². The molecule has 0 spiro atoms. The molecule has 4 aromatic heterocycles. The first-order chi connectivity index (χ1) is 18.3. The average molecular weight is 491 g/mol. The Morgan fingerprint density at radius 3 is 1.29 bits per heavy atom. The number of aryl methyl sites for hydroxylation is 2. The third kappa shape index (κ3) is 2.44.